The summed E-state index contributed by atoms with van der Waals surface area (Å²) in [5.41, 5.74) is 9.99. The van der Waals surface area contributed by atoms with Crippen LogP contribution in [0.25, 0.3) is 0 Å². The number of phenols is 1. The molecule has 3 heteroatoms. The molecular weight excluding hydrogens is 649 g/mol. The maximum Gasteiger partial charge on any atom is 0.123 e. The van der Waals surface area contributed by atoms with Crippen molar-refractivity contribution >= 4 is 0 Å². The molecule has 296 valence electrons. The first-order chi connectivity index (χ1) is 25.4. The molecule has 53 heavy (non-hydrogen) atoms. The van der Waals surface area contributed by atoms with Crippen molar-refractivity contribution < 1.29 is 14.6 Å². The maximum absolute atomic E-state index is 11.4. The molecule has 0 aliphatic rings. The number of aromatic hydroxyl groups is 1. The van der Waals surface area contributed by atoms with Crippen molar-refractivity contribution in [2.45, 2.75) is 209 Å². The molecule has 0 radical (unpaired) electrons. The molecule has 0 fully saturated rings. The molecule has 0 bridgehead atoms. The van der Waals surface area contributed by atoms with Crippen LogP contribution in [0.2, 0.25) is 0 Å². The van der Waals surface area contributed by atoms with Gasteiger partial charge in [0.25, 0.3) is 0 Å². The smallest absolute Gasteiger partial charge is 0.123 e. The third kappa shape index (κ3) is 13.7. The Morgan fingerprint density at radius 1 is 0.415 bits per heavy atom. The van der Waals surface area contributed by atoms with Gasteiger partial charge in [-0.15, -0.1) is 0 Å². The van der Waals surface area contributed by atoms with Crippen LogP contribution in [-0.2, 0) is 51.4 Å². The van der Waals surface area contributed by atoms with Crippen molar-refractivity contribution in [2.24, 2.45) is 0 Å². The summed E-state index contributed by atoms with van der Waals surface area (Å²) in [6, 6.07) is 15.2. The number of aryl methyl sites for hydroxylation is 2. The Labute approximate surface area is 326 Å². The Hall–Kier alpha value is -2.94. The maximum atomic E-state index is 11.4. The molecule has 0 heterocycles. The van der Waals surface area contributed by atoms with Crippen molar-refractivity contribution in [3.8, 4) is 17.2 Å². The van der Waals surface area contributed by atoms with Crippen molar-refractivity contribution in [1.29, 1.82) is 0 Å². The molecular formula is C50H78O3. The molecule has 0 aliphatic carbocycles. The predicted octanol–water partition coefficient (Wildman–Crippen LogP) is 14.2. The molecule has 3 aromatic carbocycles. The topological polar surface area (TPSA) is 38.7 Å². The van der Waals surface area contributed by atoms with Gasteiger partial charge in [0, 0.05) is 18.4 Å². The van der Waals surface area contributed by atoms with Crippen molar-refractivity contribution in [3.05, 3.63) is 87.0 Å². The minimum Gasteiger partial charge on any atom is -0.508 e. The van der Waals surface area contributed by atoms with Gasteiger partial charge in [0.05, 0.1) is 0 Å². The average Bonchev–Trinajstić information content (AvgIpc) is 3.12. The summed E-state index contributed by atoms with van der Waals surface area (Å²) in [4.78, 5) is 0. The van der Waals surface area contributed by atoms with E-state index in [0.29, 0.717) is 18.6 Å². The van der Waals surface area contributed by atoms with E-state index in [0.717, 1.165) is 74.0 Å². The van der Waals surface area contributed by atoms with Crippen LogP contribution in [0.15, 0.2) is 42.5 Å². The Bertz CT molecular complexity index is 1510. The van der Waals surface area contributed by atoms with E-state index in [4.69, 9.17) is 9.47 Å². The Balaban J connectivity index is 1.96. The molecule has 3 aromatic rings. The fourth-order valence-electron chi connectivity index (χ4n) is 7.96. The van der Waals surface area contributed by atoms with Crippen LogP contribution in [0, 0.1) is 0 Å². The number of hydrogen-bond acceptors (Lipinski definition) is 3. The first-order valence-electron chi connectivity index (χ1n) is 21.9. The summed E-state index contributed by atoms with van der Waals surface area (Å²) < 4.78 is 14.1. The van der Waals surface area contributed by atoms with Gasteiger partial charge in [-0.1, -0.05) is 104 Å². The standard InChI is InChI=1S/C50H78O3/c1-11-17-24-38-32-34-47(43(29-21-15-5)41(38)27-19-13-3)52-49(7,8)36-40-26-23-31-46(51)45(40)37-50(9,10)53-48-35-33-39(25-18-12-2)42(28-20-14-4)44(48)30-22-16-6/h23,26,31-35,51H,11-22,24-25,27-30,36-37H2,1-10H3. The third-order valence-corrected chi connectivity index (χ3v) is 10.9. The van der Waals surface area contributed by atoms with Crippen LogP contribution in [-0.4, -0.2) is 16.3 Å². The van der Waals surface area contributed by atoms with Crippen LogP contribution in [0.4, 0.5) is 0 Å². The van der Waals surface area contributed by atoms with E-state index in [1.807, 2.05) is 12.1 Å². The number of benzene rings is 3. The van der Waals surface area contributed by atoms with E-state index in [1.54, 1.807) is 0 Å². The molecule has 0 aromatic heterocycles. The minimum absolute atomic E-state index is 0.338. The second kappa shape index (κ2) is 22.4. The van der Waals surface area contributed by atoms with Gasteiger partial charge in [0.2, 0.25) is 0 Å². The quantitative estimate of drug-likeness (QED) is 0.0895. The van der Waals surface area contributed by atoms with E-state index in [1.165, 1.54) is 97.6 Å². The van der Waals surface area contributed by atoms with Crippen LogP contribution in [0.3, 0.4) is 0 Å². The molecule has 0 atom stereocenters. The molecule has 0 unspecified atom stereocenters. The number of hydrogen-bond donors (Lipinski definition) is 1. The number of unbranched alkanes of at least 4 members (excludes halogenated alkanes) is 6. The van der Waals surface area contributed by atoms with Crippen LogP contribution in [0.1, 0.15) is 191 Å². The van der Waals surface area contributed by atoms with Crippen molar-refractivity contribution in [2.75, 3.05) is 0 Å². The van der Waals surface area contributed by atoms with Gasteiger partial charge in [-0.2, -0.15) is 0 Å². The van der Waals surface area contributed by atoms with E-state index >= 15 is 0 Å². The molecule has 0 saturated heterocycles. The Morgan fingerprint density at radius 2 is 0.792 bits per heavy atom. The molecule has 0 saturated carbocycles. The molecule has 0 spiro atoms. The fourth-order valence-corrected chi connectivity index (χ4v) is 7.96. The lowest BCUT2D eigenvalue weighted by molar-refractivity contribution is 0.101. The molecule has 3 nitrogen and oxygen atoms in total. The van der Waals surface area contributed by atoms with Crippen molar-refractivity contribution in [3.63, 3.8) is 0 Å². The zero-order chi connectivity index (χ0) is 38.9. The lowest BCUT2D eigenvalue weighted by Crippen LogP contribution is -2.34. The minimum atomic E-state index is -0.525. The van der Waals surface area contributed by atoms with E-state index in [-0.39, 0.29) is 0 Å². The largest absolute Gasteiger partial charge is 0.508 e. The van der Waals surface area contributed by atoms with Crippen molar-refractivity contribution in [1.82, 2.24) is 0 Å². The molecule has 3 rings (SSSR count). The first kappa shape index (κ1) is 44.5. The zero-order valence-corrected chi connectivity index (χ0v) is 35.9. The number of rotatable bonds is 26. The SMILES string of the molecule is CCCCc1ccc(OC(C)(C)Cc2cccc(O)c2CC(C)(C)Oc2ccc(CCCC)c(CCCC)c2CCCC)c(CCCC)c1CCCC. The van der Waals surface area contributed by atoms with Crippen LogP contribution >= 0.6 is 0 Å². The summed E-state index contributed by atoms with van der Waals surface area (Å²) >= 11 is 0. The summed E-state index contributed by atoms with van der Waals surface area (Å²) in [6.07, 6.45) is 22.3. The summed E-state index contributed by atoms with van der Waals surface area (Å²) in [5.74, 6) is 2.41. The molecule has 1 N–H and O–H groups in total. The Kier molecular flexibility index (Phi) is 18.8. The highest BCUT2D eigenvalue weighted by Gasteiger charge is 2.30. The molecule has 0 amide bonds. The van der Waals surface area contributed by atoms with Crippen LogP contribution < -0.4 is 9.47 Å². The highest BCUT2D eigenvalue weighted by Crippen LogP contribution is 2.37. The fraction of sp³-hybridized carbons (Fsp3) is 0.640. The van der Waals surface area contributed by atoms with Gasteiger partial charge in [0.15, 0.2) is 0 Å². The summed E-state index contributed by atoms with van der Waals surface area (Å²) in [6.45, 7) is 22.5. The van der Waals surface area contributed by atoms with E-state index < -0.39 is 11.2 Å². The second-order valence-electron chi connectivity index (χ2n) is 17.0. The highest BCUT2D eigenvalue weighted by molar-refractivity contribution is 5.48. The lowest BCUT2D eigenvalue weighted by atomic mass is 9.87. The Morgan fingerprint density at radius 3 is 1.21 bits per heavy atom. The van der Waals surface area contributed by atoms with E-state index in [2.05, 4.69) is 99.6 Å². The highest BCUT2D eigenvalue weighted by atomic mass is 16.5. The average molecular weight is 727 g/mol. The van der Waals surface area contributed by atoms with Gasteiger partial charge < -0.3 is 14.6 Å². The van der Waals surface area contributed by atoms with Crippen LogP contribution in [0.5, 0.6) is 17.2 Å². The number of ether oxygens (including phenoxy) is 2. The van der Waals surface area contributed by atoms with Gasteiger partial charge in [0.1, 0.15) is 28.5 Å². The summed E-state index contributed by atoms with van der Waals surface area (Å²) in [5, 5.41) is 11.4. The van der Waals surface area contributed by atoms with E-state index in [9.17, 15) is 5.11 Å². The predicted molar refractivity (Wildman–Crippen MR) is 229 cm³/mol. The third-order valence-electron chi connectivity index (χ3n) is 10.9. The lowest BCUT2D eigenvalue weighted by Gasteiger charge is -2.33. The first-order valence-corrected chi connectivity index (χ1v) is 21.9. The second-order valence-corrected chi connectivity index (χ2v) is 17.0. The summed E-state index contributed by atoms with van der Waals surface area (Å²) in [7, 11) is 0. The normalized spacial score (nSPS) is 12.0. The zero-order valence-electron chi connectivity index (χ0n) is 35.9. The van der Waals surface area contributed by atoms with Gasteiger partial charge in [-0.25, -0.2) is 0 Å². The molecule has 0 aliphatic heterocycles. The van der Waals surface area contributed by atoms with Gasteiger partial charge in [-0.3, -0.25) is 0 Å². The number of phenolic OH excluding ortho intramolecular Hbond substituents is 1. The van der Waals surface area contributed by atoms with Gasteiger partial charge in [-0.05, 0) is 162 Å². The van der Waals surface area contributed by atoms with Gasteiger partial charge >= 0.3 is 0 Å². The monoisotopic (exact) mass is 727 g/mol.